The Morgan fingerprint density at radius 2 is 0.864 bits per heavy atom. The van der Waals surface area contributed by atoms with Crippen molar-refractivity contribution in [2.45, 2.75) is 117 Å². The van der Waals surface area contributed by atoms with Crippen LogP contribution < -0.4 is 0 Å². The van der Waals surface area contributed by atoms with Crippen molar-refractivity contribution in [1.29, 1.82) is 0 Å². The van der Waals surface area contributed by atoms with E-state index in [-0.39, 0.29) is 0 Å². The Balaban J connectivity index is 1.58. The molecule has 0 amide bonds. The van der Waals surface area contributed by atoms with E-state index in [9.17, 15) is 0 Å². The summed E-state index contributed by atoms with van der Waals surface area (Å²) in [5.74, 6) is 4.40. The molecule has 0 aromatic rings. The molecule has 0 heteroatoms. The number of hydrogen-bond acceptors (Lipinski definition) is 0. The Bertz CT molecular complexity index is 225. The van der Waals surface area contributed by atoms with Crippen molar-refractivity contribution in [3.63, 3.8) is 0 Å². The predicted molar refractivity (Wildman–Crippen MR) is 99.2 cm³/mol. The second-order valence-corrected chi connectivity index (χ2v) is 8.55. The van der Waals surface area contributed by atoms with Crippen LogP contribution in [0.3, 0.4) is 0 Å². The fourth-order valence-electron chi connectivity index (χ4n) is 5.26. The normalized spacial score (nSPS) is 33.0. The zero-order valence-electron chi connectivity index (χ0n) is 15.6. The minimum absolute atomic E-state index is 1.09. The average molecular weight is 307 g/mol. The largest absolute Gasteiger partial charge is 0.0654 e. The third-order valence-corrected chi connectivity index (χ3v) is 6.88. The van der Waals surface area contributed by atoms with Gasteiger partial charge in [0, 0.05) is 0 Å². The second-order valence-electron chi connectivity index (χ2n) is 8.55. The molecular weight excluding hydrogens is 264 g/mol. The van der Waals surface area contributed by atoms with Gasteiger partial charge in [0.1, 0.15) is 0 Å². The van der Waals surface area contributed by atoms with E-state index in [1.54, 1.807) is 51.4 Å². The maximum absolute atomic E-state index is 2.33. The Kier molecular flexibility index (Phi) is 8.93. The molecule has 0 atom stereocenters. The van der Waals surface area contributed by atoms with Gasteiger partial charge in [-0.05, 0) is 49.4 Å². The fraction of sp³-hybridized carbons (Fsp3) is 1.00. The highest BCUT2D eigenvalue weighted by Crippen LogP contribution is 2.43. The van der Waals surface area contributed by atoms with Crippen molar-refractivity contribution in [2.75, 3.05) is 0 Å². The molecule has 0 aromatic carbocycles. The predicted octanol–water partition coefficient (Wildman–Crippen LogP) is 7.76. The minimum atomic E-state index is 1.09. The van der Waals surface area contributed by atoms with Crippen LogP contribution in [0.1, 0.15) is 117 Å². The summed E-state index contributed by atoms with van der Waals surface area (Å²) in [4.78, 5) is 0. The summed E-state index contributed by atoms with van der Waals surface area (Å²) in [6.45, 7) is 4.66. The molecule has 0 heterocycles. The molecule has 22 heavy (non-hydrogen) atoms. The molecule has 130 valence electrons. The van der Waals surface area contributed by atoms with Crippen LogP contribution in [-0.4, -0.2) is 0 Å². The molecule has 0 aromatic heterocycles. The van der Waals surface area contributed by atoms with E-state index in [0.29, 0.717) is 0 Å². The molecule has 2 rings (SSSR count). The van der Waals surface area contributed by atoms with Crippen molar-refractivity contribution < 1.29 is 0 Å². The van der Waals surface area contributed by atoms with Gasteiger partial charge in [0.25, 0.3) is 0 Å². The third-order valence-electron chi connectivity index (χ3n) is 6.88. The van der Waals surface area contributed by atoms with Crippen LogP contribution in [0.15, 0.2) is 0 Å². The molecule has 0 aliphatic heterocycles. The van der Waals surface area contributed by atoms with Gasteiger partial charge in [-0.15, -0.1) is 0 Å². The maximum atomic E-state index is 2.33. The molecule has 0 saturated heterocycles. The standard InChI is InChI=1S/C22H42/c1-3-5-7-9-19-11-15-21(16-12-19)22-17-13-20(14-18-22)10-8-6-4-2/h19-22H,3-18H2,1-2H3/t19-,20-,21-,22-. The van der Waals surface area contributed by atoms with Gasteiger partial charge < -0.3 is 0 Å². The molecule has 2 aliphatic carbocycles. The molecule has 2 aliphatic rings. The fourth-order valence-corrected chi connectivity index (χ4v) is 5.26. The van der Waals surface area contributed by atoms with E-state index in [4.69, 9.17) is 0 Å². The van der Waals surface area contributed by atoms with Crippen LogP contribution in [0.4, 0.5) is 0 Å². The summed E-state index contributed by atoms with van der Waals surface area (Å²) in [5, 5.41) is 0. The first kappa shape index (κ1) is 18.3. The lowest BCUT2D eigenvalue weighted by Gasteiger charge is -2.38. The molecule has 0 N–H and O–H groups in total. The van der Waals surface area contributed by atoms with Gasteiger partial charge in [-0.25, -0.2) is 0 Å². The van der Waals surface area contributed by atoms with Crippen LogP contribution in [0.5, 0.6) is 0 Å². The molecule has 0 unspecified atom stereocenters. The summed E-state index contributed by atoms with van der Waals surface area (Å²) in [7, 11) is 0. The van der Waals surface area contributed by atoms with Crippen LogP contribution in [0, 0.1) is 23.7 Å². The summed E-state index contributed by atoms with van der Waals surface area (Å²) in [6.07, 6.45) is 24.3. The average Bonchev–Trinajstić information content (AvgIpc) is 2.57. The molecule has 2 fully saturated rings. The zero-order chi connectivity index (χ0) is 15.6. The van der Waals surface area contributed by atoms with E-state index < -0.39 is 0 Å². The number of hydrogen-bond donors (Lipinski definition) is 0. The van der Waals surface area contributed by atoms with Crippen LogP contribution in [0.25, 0.3) is 0 Å². The van der Waals surface area contributed by atoms with Crippen molar-refractivity contribution in [3.05, 3.63) is 0 Å². The van der Waals surface area contributed by atoms with Gasteiger partial charge in [-0.1, -0.05) is 90.9 Å². The minimum Gasteiger partial charge on any atom is -0.0654 e. The SMILES string of the molecule is CCCCC[C@H]1CC[C@H]([C@H]2CC[C@H](CCCCC)CC2)CC1. The first-order valence-electron chi connectivity index (χ1n) is 10.8. The van der Waals surface area contributed by atoms with Crippen LogP contribution in [0.2, 0.25) is 0 Å². The highest BCUT2D eigenvalue weighted by Gasteiger charge is 2.30. The lowest BCUT2D eigenvalue weighted by atomic mass is 9.68. The maximum Gasteiger partial charge on any atom is -0.0386 e. The van der Waals surface area contributed by atoms with E-state index in [0.717, 1.165) is 23.7 Å². The van der Waals surface area contributed by atoms with E-state index in [1.807, 2.05) is 0 Å². The Hall–Kier alpha value is 0. The molecule has 0 radical (unpaired) electrons. The summed E-state index contributed by atoms with van der Waals surface area (Å²) >= 11 is 0. The zero-order valence-corrected chi connectivity index (χ0v) is 15.6. The molecule has 0 spiro atoms. The van der Waals surface area contributed by atoms with Gasteiger partial charge in [-0.3, -0.25) is 0 Å². The van der Waals surface area contributed by atoms with E-state index in [1.165, 1.54) is 51.4 Å². The highest BCUT2D eigenvalue weighted by molar-refractivity contribution is 4.82. The van der Waals surface area contributed by atoms with E-state index in [2.05, 4.69) is 13.8 Å². The second kappa shape index (κ2) is 10.7. The van der Waals surface area contributed by atoms with Crippen molar-refractivity contribution >= 4 is 0 Å². The smallest absolute Gasteiger partial charge is 0.0386 e. The van der Waals surface area contributed by atoms with Crippen LogP contribution >= 0.6 is 0 Å². The van der Waals surface area contributed by atoms with Crippen LogP contribution in [-0.2, 0) is 0 Å². The Morgan fingerprint density at radius 3 is 1.18 bits per heavy atom. The molecular formula is C22H42. The van der Waals surface area contributed by atoms with Crippen molar-refractivity contribution in [2.24, 2.45) is 23.7 Å². The Morgan fingerprint density at radius 1 is 0.500 bits per heavy atom. The first-order chi connectivity index (χ1) is 10.8. The summed E-state index contributed by atoms with van der Waals surface area (Å²) in [6, 6.07) is 0. The highest BCUT2D eigenvalue weighted by atomic mass is 14.4. The lowest BCUT2D eigenvalue weighted by Crippen LogP contribution is -2.25. The summed E-state index contributed by atoms with van der Waals surface area (Å²) < 4.78 is 0. The van der Waals surface area contributed by atoms with E-state index >= 15 is 0 Å². The topological polar surface area (TPSA) is 0 Å². The third kappa shape index (κ3) is 6.25. The number of rotatable bonds is 9. The van der Waals surface area contributed by atoms with Gasteiger partial charge in [0.15, 0.2) is 0 Å². The first-order valence-corrected chi connectivity index (χ1v) is 10.8. The molecule has 0 bridgehead atoms. The molecule has 0 nitrogen and oxygen atoms in total. The summed E-state index contributed by atoms with van der Waals surface area (Å²) in [5.41, 5.74) is 0. The molecule has 2 saturated carbocycles. The monoisotopic (exact) mass is 306 g/mol. The van der Waals surface area contributed by atoms with Crippen molar-refractivity contribution in [1.82, 2.24) is 0 Å². The Labute approximate surface area is 140 Å². The quantitative estimate of drug-likeness (QED) is 0.382. The lowest BCUT2D eigenvalue weighted by molar-refractivity contribution is 0.139. The number of unbranched alkanes of at least 4 members (excludes halogenated alkanes) is 4. The van der Waals surface area contributed by atoms with Gasteiger partial charge >= 0.3 is 0 Å². The van der Waals surface area contributed by atoms with Gasteiger partial charge in [-0.2, -0.15) is 0 Å². The van der Waals surface area contributed by atoms with Crippen molar-refractivity contribution in [3.8, 4) is 0 Å². The van der Waals surface area contributed by atoms with Gasteiger partial charge in [0.2, 0.25) is 0 Å². The van der Waals surface area contributed by atoms with Gasteiger partial charge in [0.05, 0.1) is 0 Å².